The van der Waals surface area contributed by atoms with Crippen molar-refractivity contribution in [2.75, 3.05) is 6.54 Å². The average Bonchev–Trinajstić information content (AvgIpc) is 3.30. The molecule has 1 aliphatic carbocycles. The van der Waals surface area contributed by atoms with Gasteiger partial charge in [-0.3, -0.25) is 14.5 Å². The van der Waals surface area contributed by atoms with Crippen molar-refractivity contribution in [1.82, 2.24) is 20.5 Å². The van der Waals surface area contributed by atoms with Gasteiger partial charge in [0.05, 0.1) is 12.2 Å². The Bertz CT molecular complexity index is 699. The summed E-state index contributed by atoms with van der Waals surface area (Å²) in [5.74, 6) is 1.47. The number of nitrogens with one attached hydrogen (secondary N) is 2. The van der Waals surface area contributed by atoms with E-state index in [0.717, 1.165) is 57.9 Å². The SMILES string of the molecule is O=C(NC1CC2CCC(C1)N2C1CCCNC1=O)c1cnc(C2CC2)o1. The average molecular weight is 358 g/mol. The zero-order chi connectivity index (χ0) is 17.7. The van der Waals surface area contributed by atoms with Crippen LogP contribution in [0, 0.1) is 0 Å². The number of carbonyl (C=O) groups excluding carboxylic acids is 2. The van der Waals surface area contributed by atoms with Crippen molar-refractivity contribution in [2.24, 2.45) is 0 Å². The van der Waals surface area contributed by atoms with Gasteiger partial charge < -0.3 is 15.1 Å². The fourth-order valence-electron chi connectivity index (χ4n) is 5.05. The van der Waals surface area contributed by atoms with E-state index in [1.165, 1.54) is 0 Å². The van der Waals surface area contributed by atoms with Gasteiger partial charge >= 0.3 is 0 Å². The van der Waals surface area contributed by atoms with Gasteiger partial charge in [0.25, 0.3) is 5.91 Å². The first-order valence-electron chi connectivity index (χ1n) is 10.0. The molecule has 1 aromatic heterocycles. The van der Waals surface area contributed by atoms with Gasteiger partial charge in [-0.2, -0.15) is 0 Å². The molecule has 140 valence electrons. The molecule has 4 heterocycles. The number of hydrogen-bond donors (Lipinski definition) is 2. The van der Waals surface area contributed by atoms with E-state index in [1.807, 2.05) is 0 Å². The van der Waals surface area contributed by atoms with Gasteiger partial charge in [-0.1, -0.05) is 0 Å². The minimum atomic E-state index is -0.155. The summed E-state index contributed by atoms with van der Waals surface area (Å²) in [5, 5.41) is 6.15. The molecular weight excluding hydrogens is 332 g/mol. The molecule has 2 N–H and O–H groups in total. The Hall–Kier alpha value is -1.89. The molecule has 4 aliphatic rings. The van der Waals surface area contributed by atoms with Crippen LogP contribution in [0.5, 0.6) is 0 Å². The van der Waals surface area contributed by atoms with E-state index in [0.29, 0.717) is 29.7 Å². The number of hydrogen-bond acceptors (Lipinski definition) is 5. The minimum Gasteiger partial charge on any atom is -0.435 e. The zero-order valence-electron chi connectivity index (χ0n) is 14.9. The molecule has 2 bridgehead atoms. The van der Waals surface area contributed by atoms with E-state index in [-0.39, 0.29) is 23.9 Å². The van der Waals surface area contributed by atoms with E-state index in [2.05, 4.69) is 20.5 Å². The number of rotatable bonds is 4. The predicted octanol–water partition coefficient (Wildman–Crippen LogP) is 1.56. The van der Waals surface area contributed by atoms with Crippen LogP contribution in [-0.2, 0) is 4.79 Å². The fraction of sp³-hybridized carbons (Fsp3) is 0.737. The summed E-state index contributed by atoms with van der Waals surface area (Å²) in [6.45, 7) is 0.803. The van der Waals surface area contributed by atoms with Gasteiger partial charge in [0, 0.05) is 30.6 Å². The fourth-order valence-corrected chi connectivity index (χ4v) is 5.05. The first kappa shape index (κ1) is 16.3. The first-order chi connectivity index (χ1) is 12.7. The number of nitrogens with zero attached hydrogens (tertiary/aromatic N) is 2. The van der Waals surface area contributed by atoms with Crippen LogP contribution in [0.25, 0.3) is 0 Å². The van der Waals surface area contributed by atoms with E-state index < -0.39 is 0 Å². The summed E-state index contributed by atoms with van der Waals surface area (Å²) in [6, 6.07) is 0.958. The van der Waals surface area contributed by atoms with Gasteiger partial charge in [0.1, 0.15) is 0 Å². The lowest BCUT2D eigenvalue weighted by Crippen LogP contribution is -2.59. The molecule has 0 spiro atoms. The largest absolute Gasteiger partial charge is 0.435 e. The number of oxazole rings is 1. The van der Waals surface area contributed by atoms with Crippen LogP contribution in [0.4, 0.5) is 0 Å². The monoisotopic (exact) mass is 358 g/mol. The standard InChI is InChI=1S/C19H26N4O3/c24-17-15(2-1-7-20-17)23-13-5-6-14(23)9-12(8-13)22-18(25)16-10-21-19(26-16)11-3-4-11/h10-15H,1-9H2,(H,20,24)(H,22,25). The van der Waals surface area contributed by atoms with Crippen molar-refractivity contribution in [3.63, 3.8) is 0 Å². The maximum atomic E-state index is 12.5. The quantitative estimate of drug-likeness (QED) is 0.853. The highest BCUT2D eigenvalue weighted by Gasteiger charge is 2.46. The lowest BCUT2D eigenvalue weighted by Gasteiger charge is -2.44. The van der Waals surface area contributed by atoms with Gasteiger partial charge in [-0.15, -0.1) is 0 Å². The Labute approximate surface area is 152 Å². The topological polar surface area (TPSA) is 87.5 Å². The summed E-state index contributed by atoms with van der Waals surface area (Å²) in [6.07, 6.45) is 9.85. The van der Waals surface area contributed by atoms with Crippen molar-refractivity contribution in [3.05, 3.63) is 17.8 Å². The van der Waals surface area contributed by atoms with Crippen LogP contribution in [-0.4, -0.2) is 52.4 Å². The Morgan fingerprint density at radius 1 is 1.19 bits per heavy atom. The van der Waals surface area contributed by atoms with Crippen LogP contribution < -0.4 is 10.6 Å². The molecule has 3 unspecified atom stereocenters. The normalized spacial score (nSPS) is 34.5. The number of fused-ring (bicyclic) bond motifs is 2. The van der Waals surface area contributed by atoms with Crippen molar-refractivity contribution < 1.29 is 14.0 Å². The summed E-state index contributed by atoms with van der Waals surface area (Å²) < 4.78 is 5.62. The third-order valence-electron chi connectivity index (χ3n) is 6.41. The molecular formula is C19H26N4O3. The molecule has 3 saturated heterocycles. The molecule has 1 aromatic rings. The summed E-state index contributed by atoms with van der Waals surface area (Å²) in [4.78, 5) is 31.5. The maximum absolute atomic E-state index is 12.5. The summed E-state index contributed by atoms with van der Waals surface area (Å²) >= 11 is 0. The van der Waals surface area contributed by atoms with Crippen molar-refractivity contribution in [3.8, 4) is 0 Å². The predicted molar refractivity (Wildman–Crippen MR) is 93.6 cm³/mol. The van der Waals surface area contributed by atoms with Crippen molar-refractivity contribution in [1.29, 1.82) is 0 Å². The second-order valence-electron chi connectivity index (χ2n) is 8.26. The molecule has 0 radical (unpaired) electrons. The number of piperidine rings is 2. The molecule has 5 rings (SSSR count). The van der Waals surface area contributed by atoms with Crippen molar-refractivity contribution >= 4 is 11.8 Å². The molecule has 3 atom stereocenters. The molecule has 2 amide bonds. The lowest BCUT2D eigenvalue weighted by atomic mass is 9.92. The molecule has 1 saturated carbocycles. The number of aromatic nitrogens is 1. The van der Waals surface area contributed by atoms with Crippen molar-refractivity contribution in [2.45, 2.75) is 81.5 Å². The summed E-state index contributed by atoms with van der Waals surface area (Å²) in [5.41, 5.74) is 0. The maximum Gasteiger partial charge on any atom is 0.288 e. The minimum absolute atomic E-state index is 0.0216. The number of carbonyl (C=O) groups is 2. The molecule has 3 aliphatic heterocycles. The third kappa shape index (κ3) is 2.92. The van der Waals surface area contributed by atoms with Crippen LogP contribution in [0.1, 0.15) is 73.7 Å². The van der Waals surface area contributed by atoms with Gasteiger partial charge in [0.15, 0.2) is 5.89 Å². The molecule has 26 heavy (non-hydrogen) atoms. The molecule has 7 nitrogen and oxygen atoms in total. The second kappa shape index (κ2) is 6.37. The van der Waals surface area contributed by atoms with Gasteiger partial charge in [-0.25, -0.2) is 4.98 Å². The summed E-state index contributed by atoms with van der Waals surface area (Å²) in [7, 11) is 0. The highest BCUT2D eigenvalue weighted by Crippen LogP contribution is 2.40. The number of amides is 2. The van der Waals surface area contributed by atoms with E-state index in [4.69, 9.17) is 4.42 Å². The Morgan fingerprint density at radius 3 is 2.65 bits per heavy atom. The lowest BCUT2D eigenvalue weighted by molar-refractivity contribution is -0.130. The van der Waals surface area contributed by atoms with Crippen LogP contribution in [0.3, 0.4) is 0 Å². The molecule has 0 aromatic carbocycles. The van der Waals surface area contributed by atoms with Crippen LogP contribution >= 0.6 is 0 Å². The zero-order valence-corrected chi connectivity index (χ0v) is 14.9. The third-order valence-corrected chi connectivity index (χ3v) is 6.41. The van der Waals surface area contributed by atoms with E-state index >= 15 is 0 Å². The highest BCUT2D eigenvalue weighted by molar-refractivity contribution is 5.91. The van der Waals surface area contributed by atoms with E-state index in [1.54, 1.807) is 6.20 Å². The molecule has 7 heteroatoms. The Kier molecular flexibility index (Phi) is 3.99. The van der Waals surface area contributed by atoms with Crippen LogP contribution in [0.2, 0.25) is 0 Å². The van der Waals surface area contributed by atoms with Gasteiger partial charge in [0.2, 0.25) is 11.7 Å². The molecule has 4 fully saturated rings. The highest BCUT2D eigenvalue weighted by atomic mass is 16.4. The van der Waals surface area contributed by atoms with Crippen LogP contribution in [0.15, 0.2) is 10.6 Å². The Balaban J connectivity index is 1.22. The second-order valence-corrected chi connectivity index (χ2v) is 8.26. The first-order valence-corrected chi connectivity index (χ1v) is 10.0. The smallest absolute Gasteiger partial charge is 0.288 e. The Morgan fingerprint density at radius 2 is 1.96 bits per heavy atom. The van der Waals surface area contributed by atoms with E-state index in [9.17, 15) is 9.59 Å². The van der Waals surface area contributed by atoms with Gasteiger partial charge in [-0.05, 0) is 51.4 Å².